The van der Waals surface area contributed by atoms with Crippen molar-refractivity contribution in [3.05, 3.63) is 28.2 Å². The van der Waals surface area contributed by atoms with Gasteiger partial charge in [-0.25, -0.2) is 0 Å². The van der Waals surface area contributed by atoms with E-state index >= 15 is 0 Å². The van der Waals surface area contributed by atoms with E-state index in [1.54, 1.807) is 32.4 Å². The smallest absolute Gasteiger partial charge is 0.251 e. The van der Waals surface area contributed by atoms with Crippen LogP contribution in [0.3, 0.4) is 0 Å². The maximum absolute atomic E-state index is 11.6. The Labute approximate surface area is 103 Å². The molecule has 0 unspecified atom stereocenters. The standard InChI is InChI=1S/C11H14BrNO3/c1-15-6-5-13-11(14)8-3-4-10(16-2)9(12)7-8/h3-4,7H,5-6H2,1-2H3,(H,13,14). The predicted octanol–water partition coefficient (Wildman–Crippen LogP) is 1.83. The van der Waals surface area contributed by atoms with Gasteiger partial charge in [-0.2, -0.15) is 0 Å². The van der Waals surface area contributed by atoms with Crippen molar-refractivity contribution in [3.8, 4) is 5.75 Å². The first-order valence-electron chi connectivity index (χ1n) is 4.79. The molecule has 5 heteroatoms. The van der Waals surface area contributed by atoms with Gasteiger partial charge in [0.15, 0.2) is 0 Å². The van der Waals surface area contributed by atoms with Crippen LogP contribution in [0.2, 0.25) is 0 Å². The van der Waals surface area contributed by atoms with Crippen LogP contribution in [0.25, 0.3) is 0 Å². The first-order chi connectivity index (χ1) is 7.69. The fourth-order valence-corrected chi connectivity index (χ4v) is 1.72. The van der Waals surface area contributed by atoms with Crippen LogP contribution >= 0.6 is 15.9 Å². The molecule has 88 valence electrons. The van der Waals surface area contributed by atoms with E-state index in [-0.39, 0.29) is 5.91 Å². The lowest BCUT2D eigenvalue weighted by Gasteiger charge is -2.07. The summed E-state index contributed by atoms with van der Waals surface area (Å²) in [4.78, 5) is 11.6. The molecule has 0 atom stereocenters. The van der Waals surface area contributed by atoms with Crippen LogP contribution in [-0.2, 0) is 4.74 Å². The minimum Gasteiger partial charge on any atom is -0.496 e. The summed E-state index contributed by atoms with van der Waals surface area (Å²) in [6.45, 7) is 1.00. The second kappa shape index (κ2) is 6.50. The quantitative estimate of drug-likeness (QED) is 0.841. The first kappa shape index (κ1) is 13.0. The summed E-state index contributed by atoms with van der Waals surface area (Å²) in [5.41, 5.74) is 0.587. The second-order valence-electron chi connectivity index (χ2n) is 3.10. The highest BCUT2D eigenvalue weighted by Crippen LogP contribution is 2.25. The second-order valence-corrected chi connectivity index (χ2v) is 3.95. The van der Waals surface area contributed by atoms with Crippen molar-refractivity contribution >= 4 is 21.8 Å². The lowest BCUT2D eigenvalue weighted by molar-refractivity contribution is 0.0937. The van der Waals surface area contributed by atoms with Gasteiger partial charge >= 0.3 is 0 Å². The van der Waals surface area contributed by atoms with Crippen LogP contribution in [0.4, 0.5) is 0 Å². The lowest BCUT2D eigenvalue weighted by atomic mass is 10.2. The summed E-state index contributed by atoms with van der Waals surface area (Å²) in [5.74, 6) is 0.578. The molecule has 0 aliphatic rings. The molecule has 0 bridgehead atoms. The maximum Gasteiger partial charge on any atom is 0.251 e. The third kappa shape index (κ3) is 3.50. The number of benzene rings is 1. The Morgan fingerprint density at radius 1 is 1.44 bits per heavy atom. The summed E-state index contributed by atoms with van der Waals surface area (Å²) >= 11 is 3.33. The molecule has 0 aliphatic carbocycles. The number of methoxy groups -OCH3 is 2. The van der Waals surface area contributed by atoms with E-state index in [0.29, 0.717) is 24.5 Å². The molecule has 0 saturated heterocycles. The van der Waals surface area contributed by atoms with Gasteiger partial charge in [-0.1, -0.05) is 0 Å². The first-order valence-corrected chi connectivity index (χ1v) is 5.59. The molecule has 1 amide bonds. The molecule has 0 aromatic heterocycles. The maximum atomic E-state index is 11.6. The highest BCUT2D eigenvalue weighted by atomic mass is 79.9. The average molecular weight is 288 g/mol. The Morgan fingerprint density at radius 3 is 2.75 bits per heavy atom. The van der Waals surface area contributed by atoms with Gasteiger partial charge in [0.25, 0.3) is 5.91 Å². The zero-order valence-corrected chi connectivity index (χ0v) is 10.8. The minimum atomic E-state index is -0.125. The van der Waals surface area contributed by atoms with Gasteiger partial charge in [-0.05, 0) is 34.1 Å². The highest BCUT2D eigenvalue weighted by Gasteiger charge is 2.07. The molecule has 1 N–H and O–H groups in total. The molecule has 1 aromatic rings. The Balaban J connectivity index is 2.66. The van der Waals surface area contributed by atoms with Crippen molar-refractivity contribution in [2.45, 2.75) is 0 Å². The van der Waals surface area contributed by atoms with Crippen LogP contribution in [0.1, 0.15) is 10.4 Å². The van der Waals surface area contributed by atoms with Crippen molar-refractivity contribution in [1.82, 2.24) is 5.32 Å². The SMILES string of the molecule is COCCNC(=O)c1ccc(OC)c(Br)c1. The van der Waals surface area contributed by atoms with Gasteiger partial charge in [0.2, 0.25) is 0 Å². The van der Waals surface area contributed by atoms with Crippen molar-refractivity contribution in [2.75, 3.05) is 27.4 Å². The number of ether oxygens (including phenoxy) is 2. The third-order valence-corrected chi connectivity index (χ3v) is 2.63. The number of carbonyl (C=O) groups excluding carboxylic acids is 1. The third-order valence-electron chi connectivity index (χ3n) is 2.01. The minimum absolute atomic E-state index is 0.125. The van der Waals surface area contributed by atoms with Crippen LogP contribution < -0.4 is 10.1 Å². The number of hydrogen-bond donors (Lipinski definition) is 1. The van der Waals surface area contributed by atoms with Gasteiger partial charge in [-0.15, -0.1) is 0 Å². The summed E-state index contributed by atoms with van der Waals surface area (Å²) < 4.78 is 10.7. The zero-order chi connectivity index (χ0) is 12.0. The van der Waals surface area contributed by atoms with E-state index in [9.17, 15) is 4.79 Å². The van der Waals surface area contributed by atoms with Gasteiger partial charge < -0.3 is 14.8 Å². The summed E-state index contributed by atoms with van der Waals surface area (Å²) in [6, 6.07) is 5.18. The van der Waals surface area contributed by atoms with Crippen molar-refractivity contribution < 1.29 is 14.3 Å². The Bertz CT molecular complexity index is 368. The summed E-state index contributed by atoms with van der Waals surface area (Å²) in [5, 5.41) is 2.74. The topological polar surface area (TPSA) is 47.6 Å². The van der Waals surface area contributed by atoms with E-state index in [2.05, 4.69) is 21.2 Å². The number of amides is 1. The summed E-state index contributed by atoms with van der Waals surface area (Å²) in [7, 11) is 3.18. The number of carbonyl (C=O) groups is 1. The van der Waals surface area contributed by atoms with Gasteiger partial charge in [-0.3, -0.25) is 4.79 Å². The normalized spacial score (nSPS) is 9.94. The molecule has 0 heterocycles. The monoisotopic (exact) mass is 287 g/mol. The van der Waals surface area contributed by atoms with Crippen LogP contribution in [0.15, 0.2) is 22.7 Å². The van der Waals surface area contributed by atoms with Crippen molar-refractivity contribution in [2.24, 2.45) is 0 Å². The molecule has 0 aliphatic heterocycles. The Kier molecular flexibility index (Phi) is 5.28. The molecule has 16 heavy (non-hydrogen) atoms. The fraction of sp³-hybridized carbons (Fsp3) is 0.364. The molecule has 0 fully saturated rings. The molecular weight excluding hydrogens is 274 g/mol. The molecule has 1 aromatic carbocycles. The Morgan fingerprint density at radius 2 is 2.19 bits per heavy atom. The number of hydrogen-bond acceptors (Lipinski definition) is 3. The van der Waals surface area contributed by atoms with Crippen LogP contribution in [0.5, 0.6) is 5.75 Å². The van der Waals surface area contributed by atoms with Gasteiger partial charge in [0, 0.05) is 19.2 Å². The number of halogens is 1. The van der Waals surface area contributed by atoms with E-state index in [1.807, 2.05) is 0 Å². The zero-order valence-electron chi connectivity index (χ0n) is 9.25. The van der Waals surface area contributed by atoms with Crippen LogP contribution in [0, 0.1) is 0 Å². The molecule has 0 radical (unpaired) electrons. The van der Waals surface area contributed by atoms with E-state index < -0.39 is 0 Å². The van der Waals surface area contributed by atoms with Gasteiger partial charge in [0.1, 0.15) is 5.75 Å². The fourth-order valence-electron chi connectivity index (χ4n) is 1.18. The molecule has 0 saturated carbocycles. The highest BCUT2D eigenvalue weighted by molar-refractivity contribution is 9.10. The average Bonchev–Trinajstić information content (AvgIpc) is 2.29. The largest absolute Gasteiger partial charge is 0.496 e. The van der Waals surface area contributed by atoms with Gasteiger partial charge in [0.05, 0.1) is 18.2 Å². The van der Waals surface area contributed by atoms with E-state index in [1.165, 1.54) is 0 Å². The van der Waals surface area contributed by atoms with E-state index in [4.69, 9.17) is 9.47 Å². The van der Waals surface area contributed by atoms with Crippen molar-refractivity contribution in [3.63, 3.8) is 0 Å². The lowest BCUT2D eigenvalue weighted by Crippen LogP contribution is -2.26. The molecule has 1 rings (SSSR count). The molecular formula is C11H14BrNO3. The number of nitrogens with one attached hydrogen (secondary N) is 1. The summed E-state index contributed by atoms with van der Waals surface area (Å²) in [6.07, 6.45) is 0. The van der Waals surface area contributed by atoms with Crippen LogP contribution in [-0.4, -0.2) is 33.3 Å². The Hall–Kier alpha value is -1.07. The van der Waals surface area contributed by atoms with Crippen molar-refractivity contribution in [1.29, 1.82) is 0 Å². The predicted molar refractivity (Wildman–Crippen MR) is 64.9 cm³/mol. The van der Waals surface area contributed by atoms with E-state index in [0.717, 1.165) is 4.47 Å². The number of rotatable bonds is 5. The molecule has 4 nitrogen and oxygen atoms in total. The molecule has 0 spiro atoms.